The minimum Gasteiger partial charge on any atom is -0.400 e. The maximum atomic E-state index is 15.1. The number of amides is 1. The van der Waals surface area contributed by atoms with E-state index in [1.807, 2.05) is 37.9 Å². The molecular formula is C32H48FN7O. The van der Waals surface area contributed by atoms with Crippen LogP contribution in [0.4, 0.5) is 4.39 Å². The first-order valence-electron chi connectivity index (χ1n) is 14.5. The fourth-order valence-electron chi connectivity index (χ4n) is 5.35. The summed E-state index contributed by atoms with van der Waals surface area (Å²) in [5.74, 6) is -1.55. The van der Waals surface area contributed by atoms with E-state index in [4.69, 9.17) is 11.5 Å². The van der Waals surface area contributed by atoms with E-state index < -0.39 is 11.8 Å². The van der Waals surface area contributed by atoms with Crippen molar-refractivity contribution >= 4 is 22.5 Å². The second-order valence-electron chi connectivity index (χ2n) is 11.3. The normalized spacial score (nSPS) is 18.6. The molecule has 0 spiro atoms. The van der Waals surface area contributed by atoms with Crippen LogP contribution in [-0.2, 0) is 4.79 Å². The lowest BCUT2D eigenvalue weighted by Gasteiger charge is -2.37. The summed E-state index contributed by atoms with van der Waals surface area (Å²) in [5, 5.41) is 12.0. The number of hydrogen-bond donors (Lipinski definition) is 4. The van der Waals surface area contributed by atoms with Gasteiger partial charge in [0.15, 0.2) is 0 Å². The molecule has 2 aromatic rings. The quantitative estimate of drug-likeness (QED) is 0.282. The van der Waals surface area contributed by atoms with E-state index in [-0.39, 0.29) is 17.9 Å². The molecule has 1 aliphatic heterocycles. The van der Waals surface area contributed by atoms with Gasteiger partial charge in [-0.15, -0.1) is 0 Å². The lowest BCUT2D eigenvalue weighted by Crippen LogP contribution is -2.43. The van der Waals surface area contributed by atoms with Gasteiger partial charge in [-0.1, -0.05) is 24.6 Å². The average Bonchev–Trinajstić information content (AvgIpc) is 3.44. The Balaban J connectivity index is 2.22. The van der Waals surface area contributed by atoms with Gasteiger partial charge in [-0.05, 0) is 91.7 Å². The molecule has 1 aromatic heterocycles. The smallest absolute Gasteiger partial charge is 0.226 e. The molecule has 2 atom stereocenters. The standard InChI is InChI=1S/C32H48FN7O/c1-9-19(3)30(37-24-13-15-39(7)16-14-24)25(17-23(33)10-2)22(6)40(8)31(29(34)21(5)32(35)41)28-20(4)11-12-27-26(28)18-36-38-27/h10-12,17-18,21-22,24,37H,9,13-16,34H2,1-8H3,(H2,35,41)(H,36,38)/b23-10+,25-17-,30-19-,31-29+. The molecular weight excluding hydrogens is 517 g/mol. The van der Waals surface area contributed by atoms with E-state index in [1.165, 1.54) is 6.08 Å². The molecule has 0 radical (unpaired) electrons. The highest BCUT2D eigenvalue weighted by Crippen LogP contribution is 2.36. The van der Waals surface area contributed by atoms with E-state index >= 15 is 4.39 Å². The van der Waals surface area contributed by atoms with Gasteiger partial charge in [-0.2, -0.15) is 5.10 Å². The van der Waals surface area contributed by atoms with Crippen molar-refractivity contribution in [2.75, 3.05) is 27.2 Å². The van der Waals surface area contributed by atoms with Crippen molar-refractivity contribution in [1.82, 2.24) is 25.3 Å². The van der Waals surface area contributed by atoms with Crippen LogP contribution in [0.15, 0.2) is 58.8 Å². The monoisotopic (exact) mass is 565 g/mol. The topological polar surface area (TPSA) is 116 Å². The van der Waals surface area contributed by atoms with Gasteiger partial charge in [-0.3, -0.25) is 9.89 Å². The number of nitrogens with one attached hydrogen (secondary N) is 2. The predicted molar refractivity (Wildman–Crippen MR) is 167 cm³/mol. The minimum atomic E-state index is -0.717. The van der Waals surface area contributed by atoms with E-state index in [0.717, 1.165) is 71.2 Å². The second-order valence-corrected chi connectivity index (χ2v) is 11.3. The van der Waals surface area contributed by atoms with Crippen molar-refractivity contribution in [3.63, 3.8) is 0 Å². The Kier molecular flexibility index (Phi) is 10.8. The van der Waals surface area contributed by atoms with Crippen molar-refractivity contribution in [3.8, 4) is 0 Å². The summed E-state index contributed by atoms with van der Waals surface area (Å²) in [6.07, 6.45) is 7.69. The Labute approximate surface area is 244 Å². The van der Waals surface area contributed by atoms with E-state index in [0.29, 0.717) is 11.4 Å². The SMILES string of the molecule is C\C=C(F)/C=C(\C(NC1CCN(C)CC1)=C(/C)CC)C(C)N(C)/C(=C(/N)C(C)C(N)=O)c1c(C)ccc2[nH]ncc12. The summed E-state index contributed by atoms with van der Waals surface area (Å²) in [6, 6.07) is 3.93. The molecule has 41 heavy (non-hydrogen) atoms. The Morgan fingerprint density at radius 2 is 1.95 bits per heavy atom. The molecule has 1 amide bonds. The summed E-state index contributed by atoms with van der Waals surface area (Å²) in [5.41, 5.74) is 19.2. The first-order chi connectivity index (χ1) is 19.4. The first-order valence-corrected chi connectivity index (χ1v) is 14.5. The molecule has 0 aliphatic carbocycles. The minimum absolute atomic E-state index is 0.286. The number of piperidine rings is 1. The number of allylic oxidation sites excluding steroid dienone is 4. The number of aryl methyl sites for hydroxylation is 1. The number of H-pyrrole nitrogens is 1. The summed E-state index contributed by atoms with van der Waals surface area (Å²) < 4.78 is 15.1. The van der Waals surface area contributed by atoms with E-state index in [2.05, 4.69) is 41.3 Å². The number of carbonyl (C=O) groups is 1. The van der Waals surface area contributed by atoms with Crippen LogP contribution in [0.3, 0.4) is 0 Å². The van der Waals surface area contributed by atoms with Crippen LogP contribution >= 0.6 is 0 Å². The number of carbonyl (C=O) groups excluding carboxylic acids is 1. The number of halogens is 1. The summed E-state index contributed by atoms with van der Waals surface area (Å²) in [4.78, 5) is 16.7. The third kappa shape index (κ3) is 7.19. The van der Waals surface area contributed by atoms with E-state index in [9.17, 15) is 4.79 Å². The Hall–Kier alpha value is -3.59. The summed E-state index contributed by atoms with van der Waals surface area (Å²) in [7, 11) is 4.08. The summed E-state index contributed by atoms with van der Waals surface area (Å²) >= 11 is 0. The number of hydrogen-bond acceptors (Lipinski definition) is 6. The highest BCUT2D eigenvalue weighted by molar-refractivity contribution is 5.94. The van der Waals surface area contributed by atoms with Gasteiger partial charge >= 0.3 is 0 Å². The third-order valence-corrected chi connectivity index (χ3v) is 8.50. The van der Waals surface area contributed by atoms with Crippen LogP contribution in [0.5, 0.6) is 0 Å². The number of likely N-dealkylation sites (N-methyl/N-ethyl adjacent to an activating group) is 1. The van der Waals surface area contributed by atoms with Crippen LogP contribution in [0.1, 0.15) is 65.0 Å². The molecule has 1 saturated heterocycles. The predicted octanol–water partition coefficient (Wildman–Crippen LogP) is 5.11. The largest absolute Gasteiger partial charge is 0.400 e. The number of rotatable bonds is 11. The molecule has 0 saturated carbocycles. The number of fused-ring (bicyclic) bond motifs is 1. The third-order valence-electron chi connectivity index (χ3n) is 8.50. The molecule has 0 bridgehead atoms. The number of nitrogens with two attached hydrogens (primary N) is 2. The zero-order chi connectivity index (χ0) is 30.4. The number of nitrogens with zero attached hydrogens (tertiary/aromatic N) is 3. The fourth-order valence-corrected chi connectivity index (χ4v) is 5.35. The van der Waals surface area contributed by atoms with Crippen LogP contribution in [0, 0.1) is 12.8 Å². The first kappa shape index (κ1) is 31.9. The molecule has 6 N–H and O–H groups in total. The molecule has 224 valence electrons. The number of benzene rings is 1. The lowest BCUT2D eigenvalue weighted by molar-refractivity contribution is -0.120. The molecule has 8 nitrogen and oxygen atoms in total. The number of aromatic nitrogens is 2. The van der Waals surface area contributed by atoms with Crippen molar-refractivity contribution in [1.29, 1.82) is 0 Å². The van der Waals surface area contributed by atoms with Crippen LogP contribution in [0.2, 0.25) is 0 Å². The molecule has 1 fully saturated rings. The molecule has 2 heterocycles. The number of primary amides is 1. The highest BCUT2D eigenvalue weighted by Gasteiger charge is 2.29. The van der Waals surface area contributed by atoms with Crippen molar-refractivity contribution in [2.24, 2.45) is 17.4 Å². The van der Waals surface area contributed by atoms with Crippen molar-refractivity contribution < 1.29 is 9.18 Å². The summed E-state index contributed by atoms with van der Waals surface area (Å²) in [6.45, 7) is 13.7. The molecule has 1 aliphatic rings. The van der Waals surface area contributed by atoms with Crippen LogP contribution in [0.25, 0.3) is 16.6 Å². The van der Waals surface area contributed by atoms with Gasteiger partial charge in [0, 0.05) is 41.0 Å². The number of likely N-dealkylation sites (tertiary alicyclic amines) is 1. The van der Waals surface area contributed by atoms with Crippen LogP contribution < -0.4 is 16.8 Å². The second kappa shape index (κ2) is 13.9. The van der Waals surface area contributed by atoms with Gasteiger partial charge in [0.05, 0.1) is 29.4 Å². The highest BCUT2D eigenvalue weighted by atomic mass is 19.1. The Morgan fingerprint density at radius 1 is 1.29 bits per heavy atom. The average molecular weight is 566 g/mol. The van der Waals surface area contributed by atoms with E-state index in [1.54, 1.807) is 26.1 Å². The van der Waals surface area contributed by atoms with Gasteiger partial charge in [0.25, 0.3) is 0 Å². The van der Waals surface area contributed by atoms with Crippen LogP contribution in [-0.4, -0.2) is 65.2 Å². The Bertz CT molecular complexity index is 1360. The van der Waals surface area contributed by atoms with Crippen molar-refractivity contribution in [2.45, 2.75) is 72.9 Å². The lowest BCUT2D eigenvalue weighted by atomic mass is 9.92. The zero-order valence-electron chi connectivity index (χ0n) is 25.9. The van der Waals surface area contributed by atoms with Gasteiger partial charge < -0.3 is 26.6 Å². The fraction of sp³-hybridized carbons (Fsp3) is 0.500. The molecule has 3 rings (SSSR count). The molecule has 2 unspecified atom stereocenters. The van der Waals surface area contributed by atoms with Crippen molar-refractivity contribution in [3.05, 3.63) is 70.0 Å². The molecule has 1 aromatic carbocycles. The number of aromatic amines is 1. The maximum absolute atomic E-state index is 15.1. The maximum Gasteiger partial charge on any atom is 0.226 e. The van der Waals surface area contributed by atoms with Gasteiger partial charge in [0.2, 0.25) is 5.91 Å². The Morgan fingerprint density at radius 3 is 2.54 bits per heavy atom. The van der Waals surface area contributed by atoms with Gasteiger partial charge in [-0.25, -0.2) is 4.39 Å². The molecule has 9 heteroatoms. The van der Waals surface area contributed by atoms with Gasteiger partial charge in [0.1, 0.15) is 5.83 Å². The zero-order valence-corrected chi connectivity index (χ0v) is 25.9.